The maximum atomic E-state index is 13.4. The molecule has 0 bridgehead atoms. The molecule has 0 saturated heterocycles. The number of para-hydroxylation sites is 2. The van der Waals surface area contributed by atoms with Gasteiger partial charge in [0.2, 0.25) is 0 Å². The van der Waals surface area contributed by atoms with Crippen LogP contribution < -0.4 is 5.32 Å². The average Bonchev–Trinajstić information content (AvgIpc) is 3.25. The number of hydrogen-bond donors (Lipinski definition) is 1. The summed E-state index contributed by atoms with van der Waals surface area (Å²) in [7, 11) is 0. The van der Waals surface area contributed by atoms with E-state index in [1.807, 2.05) is 60.0 Å². The van der Waals surface area contributed by atoms with Gasteiger partial charge in [-0.2, -0.15) is 0 Å². The Morgan fingerprint density at radius 2 is 1.63 bits per heavy atom. The molecule has 1 aliphatic heterocycles. The third kappa shape index (κ3) is 3.98. The number of anilines is 2. The largest absolute Gasteiger partial charge is 0.353 e. The molecule has 1 aromatic heterocycles. The van der Waals surface area contributed by atoms with Crippen LogP contribution >= 0.6 is 23.1 Å². The topological polar surface area (TPSA) is 63.2 Å². The number of rotatable bonds is 7. The van der Waals surface area contributed by atoms with Crippen molar-refractivity contribution in [2.24, 2.45) is 5.92 Å². The van der Waals surface area contributed by atoms with Crippen molar-refractivity contribution in [3.05, 3.63) is 70.4 Å². The van der Waals surface area contributed by atoms with Crippen LogP contribution in [0.15, 0.2) is 69.8 Å². The van der Waals surface area contributed by atoms with E-state index in [-0.39, 0.29) is 23.8 Å². The van der Waals surface area contributed by atoms with E-state index >= 15 is 0 Å². The normalized spacial score (nSPS) is 13.2. The Balaban J connectivity index is 1.68. The van der Waals surface area contributed by atoms with Crippen molar-refractivity contribution in [1.82, 2.24) is 0 Å². The van der Waals surface area contributed by atoms with Crippen LogP contribution in [-0.4, -0.2) is 17.3 Å². The zero-order chi connectivity index (χ0) is 21.3. The van der Waals surface area contributed by atoms with Gasteiger partial charge in [-0.05, 0) is 49.6 Å². The number of hydrogen-bond acceptors (Lipinski definition) is 6. The van der Waals surface area contributed by atoms with E-state index in [0.29, 0.717) is 5.56 Å². The minimum atomic E-state index is -0.810. The van der Waals surface area contributed by atoms with E-state index in [9.17, 15) is 14.4 Å². The summed E-state index contributed by atoms with van der Waals surface area (Å²) in [5.41, 5.74) is 2.34. The molecule has 0 fully saturated rings. The average molecular weight is 436 g/mol. The molecule has 4 rings (SSSR count). The predicted molar refractivity (Wildman–Crippen MR) is 121 cm³/mol. The Morgan fingerprint density at radius 1 is 0.900 bits per heavy atom. The first-order chi connectivity index (χ1) is 14.5. The van der Waals surface area contributed by atoms with Gasteiger partial charge < -0.3 is 5.32 Å². The number of ketones is 3. The number of thiophene rings is 1. The van der Waals surface area contributed by atoms with Crippen molar-refractivity contribution in [1.29, 1.82) is 0 Å². The lowest BCUT2D eigenvalue weighted by atomic mass is 9.81. The lowest BCUT2D eigenvalue weighted by Gasteiger charge is -2.25. The summed E-state index contributed by atoms with van der Waals surface area (Å²) in [6.45, 7) is 2.85. The smallest absolute Gasteiger partial charge is 0.165 e. The fourth-order valence-electron chi connectivity index (χ4n) is 3.94. The van der Waals surface area contributed by atoms with Crippen molar-refractivity contribution in [2.45, 2.75) is 36.0 Å². The van der Waals surface area contributed by atoms with Gasteiger partial charge in [0, 0.05) is 32.6 Å². The fraction of sp³-hybridized carbons (Fsp3) is 0.208. The molecular weight excluding hydrogens is 414 g/mol. The molecule has 1 N–H and O–H groups in total. The van der Waals surface area contributed by atoms with Crippen LogP contribution in [0.1, 0.15) is 41.4 Å². The second-order valence-corrected chi connectivity index (χ2v) is 9.41. The summed E-state index contributed by atoms with van der Waals surface area (Å²) in [6.07, 6.45) is 0.106. The second kappa shape index (κ2) is 8.58. The summed E-state index contributed by atoms with van der Waals surface area (Å²) in [5, 5.41) is 5.31. The van der Waals surface area contributed by atoms with Gasteiger partial charge in [0.25, 0.3) is 0 Å². The summed E-state index contributed by atoms with van der Waals surface area (Å²) >= 11 is 3.10. The van der Waals surface area contributed by atoms with Crippen LogP contribution in [0.2, 0.25) is 0 Å². The van der Waals surface area contributed by atoms with Gasteiger partial charge in [-0.1, -0.05) is 36.0 Å². The molecule has 0 amide bonds. The first-order valence-corrected chi connectivity index (χ1v) is 11.4. The number of nitrogens with one attached hydrogen (secondary N) is 1. The molecule has 1 atom stereocenters. The van der Waals surface area contributed by atoms with Crippen molar-refractivity contribution in [3.63, 3.8) is 0 Å². The highest BCUT2D eigenvalue weighted by atomic mass is 32.2. The molecule has 4 nitrogen and oxygen atoms in total. The van der Waals surface area contributed by atoms with Crippen LogP contribution in [0.4, 0.5) is 11.4 Å². The molecule has 30 heavy (non-hydrogen) atoms. The van der Waals surface area contributed by atoms with E-state index in [4.69, 9.17) is 0 Å². The Kier molecular flexibility index (Phi) is 5.88. The molecule has 0 radical (unpaired) electrons. The third-order valence-electron chi connectivity index (χ3n) is 5.29. The maximum Gasteiger partial charge on any atom is 0.165 e. The number of carbonyl (C=O) groups excluding carboxylic acids is 3. The van der Waals surface area contributed by atoms with Gasteiger partial charge in [0.05, 0.1) is 17.3 Å². The van der Waals surface area contributed by atoms with Crippen LogP contribution in [0.5, 0.6) is 0 Å². The molecule has 1 aliphatic rings. The van der Waals surface area contributed by atoms with Crippen LogP contribution in [0, 0.1) is 5.92 Å². The lowest BCUT2D eigenvalue weighted by Crippen LogP contribution is -2.28. The van der Waals surface area contributed by atoms with Gasteiger partial charge in [-0.25, -0.2) is 0 Å². The van der Waals surface area contributed by atoms with E-state index in [1.165, 1.54) is 25.2 Å². The summed E-state index contributed by atoms with van der Waals surface area (Å²) < 4.78 is 0. The van der Waals surface area contributed by atoms with E-state index in [2.05, 4.69) is 5.32 Å². The Hall–Kier alpha value is -2.70. The molecule has 0 saturated carbocycles. The molecule has 1 unspecified atom stereocenters. The zero-order valence-electron chi connectivity index (χ0n) is 16.7. The predicted octanol–water partition coefficient (Wildman–Crippen LogP) is 6.11. The van der Waals surface area contributed by atoms with Crippen molar-refractivity contribution >= 4 is 51.8 Å². The van der Waals surface area contributed by atoms with Gasteiger partial charge in [-0.15, -0.1) is 11.3 Å². The Bertz CT molecular complexity index is 1110. The first-order valence-electron chi connectivity index (χ1n) is 9.70. The maximum absolute atomic E-state index is 13.4. The van der Waals surface area contributed by atoms with E-state index in [0.717, 1.165) is 26.0 Å². The summed E-state index contributed by atoms with van der Waals surface area (Å²) in [6, 6.07) is 17.4. The van der Waals surface area contributed by atoms with E-state index < -0.39 is 11.8 Å². The van der Waals surface area contributed by atoms with Gasteiger partial charge in [-0.3, -0.25) is 14.4 Å². The molecular formula is C24H21NO3S2. The highest BCUT2D eigenvalue weighted by Crippen LogP contribution is 2.46. The monoisotopic (exact) mass is 435 g/mol. The quantitative estimate of drug-likeness (QED) is 0.280. The highest BCUT2D eigenvalue weighted by molar-refractivity contribution is 7.99. The third-order valence-corrected chi connectivity index (χ3v) is 7.43. The standard InChI is InChI=1S/C24H21NO3S2/c1-14(26)23(15(2)27)17(20-11-6-12-29-20)13-19(28)16-7-5-10-22-24(16)25-18-8-3-4-9-21(18)30-22/h3-12,17,23,25H,13H2,1-2H3. The molecule has 6 heteroatoms. The van der Waals surface area contributed by atoms with Crippen molar-refractivity contribution in [3.8, 4) is 0 Å². The number of fused-ring (bicyclic) bond motifs is 2. The van der Waals surface area contributed by atoms with Gasteiger partial charge in [0.15, 0.2) is 5.78 Å². The lowest BCUT2D eigenvalue weighted by molar-refractivity contribution is -0.131. The summed E-state index contributed by atoms with van der Waals surface area (Å²) in [4.78, 5) is 40.9. The van der Waals surface area contributed by atoms with E-state index in [1.54, 1.807) is 11.8 Å². The van der Waals surface area contributed by atoms with Gasteiger partial charge >= 0.3 is 0 Å². The second-order valence-electron chi connectivity index (χ2n) is 7.35. The van der Waals surface area contributed by atoms with Crippen LogP contribution in [0.3, 0.4) is 0 Å². The Labute approximate surface area is 183 Å². The minimum absolute atomic E-state index is 0.0785. The molecule has 2 aromatic carbocycles. The summed E-state index contributed by atoms with van der Waals surface area (Å²) in [5.74, 6) is -1.75. The van der Waals surface area contributed by atoms with Crippen LogP contribution in [-0.2, 0) is 9.59 Å². The molecule has 152 valence electrons. The first kappa shape index (κ1) is 20.6. The zero-order valence-corrected chi connectivity index (χ0v) is 18.3. The fourth-order valence-corrected chi connectivity index (χ4v) is 5.82. The highest BCUT2D eigenvalue weighted by Gasteiger charge is 2.34. The molecule has 3 aromatic rings. The minimum Gasteiger partial charge on any atom is -0.353 e. The number of carbonyl (C=O) groups is 3. The van der Waals surface area contributed by atoms with Crippen molar-refractivity contribution < 1.29 is 14.4 Å². The molecule has 0 spiro atoms. The number of Topliss-reactive ketones (excluding diaryl/α,β-unsaturated/α-hetero) is 3. The van der Waals surface area contributed by atoms with Gasteiger partial charge in [0.1, 0.15) is 11.6 Å². The van der Waals surface area contributed by atoms with Crippen molar-refractivity contribution in [2.75, 3.05) is 5.32 Å². The number of benzene rings is 2. The molecule has 0 aliphatic carbocycles. The Morgan fingerprint density at radius 3 is 2.33 bits per heavy atom. The molecule has 2 heterocycles. The SMILES string of the molecule is CC(=O)C(C(C)=O)C(CC(=O)c1cccc2c1Nc1ccccc1S2)c1cccs1. The van der Waals surface area contributed by atoms with Crippen LogP contribution in [0.25, 0.3) is 0 Å².